The molecule has 0 nitrogen and oxygen atoms in total. The van der Waals surface area contributed by atoms with Gasteiger partial charge in [0.25, 0.3) is 0 Å². The average Bonchev–Trinajstić information content (AvgIpc) is 0. The molecule has 0 unspecified atom stereocenters. The van der Waals surface area contributed by atoms with Crippen molar-refractivity contribution in [1.82, 2.24) is 0 Å². The van der Waals surface area contributed by atoms with E-state index in [1.807, 2.05) is 0 Å². The van der Waals surface area contributed by atoms with Crippen molar-refractivity contribution in [2.75, 3.05) is 0 Å². The first kappa shape index (κ1) is 461. The minimum atomic E-state index is 0. The Morgan fingerprint density at radius 2 is 0.333 bits per heavy atom. The second-order valence-corrected chi connectivity index (χ2v) is 0. The molecule has 12 heavy (non-hydrogen) atoms. The predicted molar refractivity (Wildman–Crippen MR) is 5.75 cm³/mol. The van der Waals surface area contributed by atoms with Crippen LogP contribution in [-0.4, -0.2) is 17.4 Å². The first-order valence-corrected chi connectivity index (χ1v) is 0. The normalized spacial score (nSPS) is 0. The third kappa shape index (κ3) is 287. The standard InChI is InChI=1S/Al.9FH.Nd.Y/h;9*1H;;/q+3;;;;;;;;;;2*+3/p-9. The van der Waals surface area contributed by atoms with Crippen molar-refractivity contribution in [1.29, 1.82) is 0 Å². The first-order chi connectivity index (χ1) is 0. The van der Waals surface area contributed by atoms with Gasteiger partial charge in [0, 0.05) is 0 Å². The van der Waals surface area contributed by atoms with E-state index >= 15 is 0 Å². The van der Waals surface area contributed by atoms with Crippen LogP contribution in [0.15, 0.2) is 0 Å². The molecule has 0 N–H and O–H groups in total. The Bertz CT molecular complexity index is 14.5. The summed E-state index contributed by atoms with van der Waals surface area (Å²) in [5, 5.41) is 0. The van der Waals surface area contributed by atoms with E-state index in [4.69, 9.17) is 0 Å². The Labute approximate surface area is 131 Å². The van der Waals surface area contributed by atoms with Gasteiger partial charge < -0.3 is 42.3 Å². The number of hydrogen-bond acceptors (Lipinski definition) is 0. The summed E-state index contributed by atoms with van der Waals surface area (Å²) in [6.07, 6.45) is 0. The zero-order chi connectivity index (χ0) is 0. The Morgan fingerprint density at radius 3 is 0.333 bits per heavy atom. The zero-order valence-corrected chi connectivity index (χ0v) is 12.3. The molecule has 0 spiro atoms. The van der Waals surface area contributed by atoms with Gasteiger partial charge in [-0.15, -0.1) is 0 Å². The van der Waals surface area contributed by atoms with Crippen LogP contribution in [0, 0.1) is 40.8 Å². The summed E-state index contributed by atoms with van der Waals surface area (Å²) >= 11 is 0. The molecule has 0 aromatic heterocycles. The maximum atomic E-state index is 0. The molecule has 0 saturated carbocycles. The molecule has 0 aromatic rings. The maximum absolute atomic E-state index is 0. The van der Waals surface area contributed by atoms with E-state index in [-0.39, 0.29) is 133 Å². The Kier molecular flexibility index (Phi) is 14100. The summed E-state index contributed by atoms with van der Waals surface area (Å²) < 4.78 is 0. The zero-order valence-electron chi connectivity index (χ0n) is 5.06. The van der Waals surface area contributed by atoms with Gasteiger partial charge in [-0.25, -0.2) is 0 Å². The van der Waals surface area contributed by atoms with Crippen LogP contribution in [0.2, 0.25) is 0 Å². The summed E-state index contributed by atoms with van der Waals surface area (Å²) in [5.41, 5.74) is 0. The fraction of sp³-hybridized carbons (Fsp3) is 0. The van der Waals surface area contributed by atoms with E-state index in [0.717, 1.165) is 0 Å². The monoisotopic (exact) mass is 429 g/mol. The topological polar surface area (TPSA) is 0 Å². The minimum Gasteiger partial charge on any atom is -1.00 e. The fourth-order valence-corrected chi connectivity index (χ4v) is 0. The van der Waals surface area contributed by atoms with E-state index < -0.39 is 0 Å². The molecule has 0 rings (SSSR count). The van der Waals surface area contributed by atoms with Crippen molar-refractivity contribution in [2.45, 2.75) is 0 Å². The third-order valence-electron chi connectivity index (χ3n) is 0. The molecular weight excluding hydrogens is 431 g/mol. The van der Waals surface area contributed by atoms with Crippen LogP contribution in [0.25, 0.3) is 0 Å². The van der Waals surface area contributed by atoms with Crippen molar-refractivity contribution >= 4 is 17.4 Å². The van der Waals surface area contributed by atoms with Gasteiger partial charge in [-0.1, -0.05) is 0 Å². The summed E-state index contributed by atoms with van der Waals surface area (Å²) in [6.45, 7) is 0. The van der Waals surface area contributed by atoms with Crippen LogP contribution < -0.4 is 42.3 Å². The molecule has 0 aliphatic rings. The molecule has 0 fully saturated rings. The largest absolute Gasteiger partial charge is 3.00 e. The van der Waals surface area contributed by atoms with Crippen LogP contribution in [0.3, 0.4) is 0 Å². The molecule has 0 bridgehead atoms. The molecule has 0 aliphatic heterocycles. The van der Waals surface area contributed by atoms with Crippen molar-refractivity contribution < 1.29 is 116 Å². The molecule has 1 radical (unpaired) electrons. The Morgan fingerprint density at radius 1 is 0.333 bits per heavy atom. The van der Waals surface area contributed by atoms with Gasteiger partial charge in [0.2, 0.25) is 0 Å². The molecule has 0 atom stereocenters. The molecule has 0 aromatic carbocycles. The number of rotatable bonds is 0. The van der Waals surface area contributed by atoms with E-state index in [2.05, 4.69) is 0 Å². The summed E-state index contributed by atoms with van der Waals surface area (Å²) in [6, 6.07) is 0. The molecule has 0 heterocycles. The number of hydrogen-bond donors (Lipinski definition) is 0. The van der Waals surface area contributed by atoms with Crippen LogP contribution in [0.4, 0.5) is 0 Å². The molecule has 0 saturated heterocycles. The van der Waals surface area contributed by atoms with Crippen LogP contribution in [0.1, 0.15) is 0 Å². The molecule has 0 aliphatic carbocycles. The van der Waals surface area contributed by atoms with Gasteiger partial charge in [0.05, 0.1) is 0 Å². The Hall–Kier alpha value is 2.36. The van der Waals surface area contributed by atoms with Crippen molar-refractivity contribution in [3.05, 3.63) is 0 Å². The molecule has 12 heteroatoms. The van der Waals surface area contributed by atoms with Crippen LogP contribution in [0.5, 0.6) is 0 Å². The maximum Gasteiger partial charge on any atom is 3.00 e. The van der Waals surface area contributed by atoms with E-state index in [9.17, 15) is 0 Å². The van der Waals surface area contributed by atoms with Gasteiger partial charge in [-0.3, -0.25) is 0 Å². The summed E-state index contributed by atoms with van der Waals surface area (Å²) in [7, 11) is 0. The van der Waals surface area contributed by atoms with E-state index in [1.54, 1.807) is 0 Å². The van der Waals surface area contributed by atoms with Crippen molar-refractivity contribution in [2.24, 2.45) is 0 Å². The van der Waals surface area contributed by atoms with Gasteiger partial charge in [-0.05, 0) is 0 Å². The predicted octanol–water partition coefficient (Wildman–Crippen LogP) is -27.3. The van der Waals surface area contributed by atoms with Crippen molar-refractivity contribution in [3.8, 4) is 0 Å². The minimum absolute atomic E-state index is 0. The van der Waals surface area contributed by atoms with Crippen LogP contribution in [-0.2, 0) is 32.7 Å². The fourth-order valence-electron chi connectivity index (χ4n) is 0. The second kappa shape index (κ2) is 367. The molecule has 73 valence electrons. The SMILES string of the molecule is [Al+3].[F-].[F-].[F-].[F-].[F-].[F-].[F-].[F-].[F-].[Nd+3].[Y+3]. The first-order valence-electron chi connectivity index (χ1n) is 0. The van der Waals surface area contributed by atoms with E-state index in [0.29, 0.717) is 0 Å². The third-order valence-corrected chi connectivity index (χ3v) is 0. The van der Waals surface area contributed by atoms with Gasteiger partial charge in [-0.2, -0.15) is 0 Å². The van der Waals surface area contributed by atoms with Crippen LogP contribution >= 0.6 is 0 Å². The van der Waals surface area contributed by atoms with E-state index in [1.165, 1.54) is 0 Å². The number of halogens is 9. The second-order valence-electron chi connectivity index (χ2n) is 0. The smallest absolute Gasteiger partial charge is 1.00 e. The van der Waals surface area contributed by atoms with Gasteiger partial charge >= 0.3 is 90.9 Å². The molecule has 0 amide bonds. The summed E-state index contributed by atoms with van der Waals surface area (Å²) in [4.78, 5) is 0. The quantitative estimate of drug-likeness (QED) is 0.264. The average molecular weight is 431 g/mol. The van der Waals surface area contributed by atoms with Crippen molar-refractivity contribution in [3.63, 3.8) is 0 Å². The summed E-state index contributed by atoms with van der Waals surface area (Å²) in [5.74, 6) is 0. The van der Waals surface area contributed by atoms with Gasteiger partial charge in [0.1, 0.15) is 0 Å². The molecular formula is AlF9NdY. The Balaban J connectivity index is 0. The van der Waals surface area contributed by atoms with Gasteiger partial charge in [0.15, 0.2) is 0 Å².